The number of rotatable bonds is 2. The molecule has 0 aliphatic rings. The highest BCUT2D eigenvalue weighted by Crippen LogP contribution is 2.22. The Hall–Kier alpha value is -1.67. The molecule has 0 aliphatic heterocycles. The molecule has 2 heteroatoms. The van der Waals surface area contributed by atoms with Crippen molar-refractivity contribution in [2.75, 3.05) is 0 Å². The quantitative estimate of drug-likeness (QED) is 0.709. The number of hydrogen-bond acceptors (Lipinski definition) is 0. The van der Waals surface area contributed by atoms with Crippen molar-refractivity contribution >= 4 is 0 Å². The van der Waals surface area contributed by atoms with Crippen molar-refractivity contribution in [3.8, 4) is 11.1 Å². The Labute approximate surface area is 87.8 Å². The first-order valence-corrected chi connectivity index (χ1v) is 4.73. The third-order valence-corrected chi connectivity index (χ3v) is 2.31. The van der Waals surface area contributed by atoms with Gasteiger partial charge in [-0.15, -0.1) is 0 Å². The second-order valence-corrected chi connectivity index (χ2v) is 3.32. The maximum atomic E-state index is 13.4. The van der Waals surface area contributed by atoms with Gasteiger partial charge in [-0.05, 0) is 17.2 Å². The molecule has 2 aromatic rings. The predicted molar refractivity (Wildman–Crippen MR) is 56.2 cm³/mol. The van der Waals surface area contributed by atoms with Gasteiger partial charge in [-0.3, -0.25) is 0 Å². The highest BCUT2D eigenvalue weighted by atomic mass is 19.1. The average Bonchev–Trinajstić information content (AvgIpc) is 2.30. The minimum Gasteiger partial charge on any atom is -0.232 e. The molecule has 0 fully saturated rings. The van der Waals surface area contributed by atoms with Crippen LogP contribution in [0.15, 0.2) is 48.5 Å². The van der Waals surface area contributed by atoms with Gasteiger partial charge in [-0.1, -0.05) is 42.5 Å². The molecule has 0 spiro atoms. The van der Waals surface area contributed by atoms with Gasteiger partial charge < -0.3 is 0 Å². The zero-order valence-electron chi connectivity index (χ0n) is 8.11. The molecule has 0 saturated heterocycles. The van der Waals surface area contributed by atoms with Crippen LogP contribution in [0.1, 0.15) is 5.56 Å². The first-order valence-electron chi connectivity index (χ1n) is 4.73. The SMILES string of the molecule is [O]Cc1ccc(-c2ccccc2F)cc1. The van der Waals surface area contributed by atoms with Gasteiger partial charge >= 0.3 is 0 Å². The monoisotopic (exact) mass is 201 g/mol. The van der Waals surface area contributed by atoms with E-state index in [1.54, 1.807) is 42.5 Å². The fraction of sp³-hybridized carbons (Fsp3) is 0.0769. The summed E-state index contributed by atoms with van der Waals surface area (Å²) in [5.41, 5.74) is 2.08. The van der Waals surface area contributed by atoms with Gasteiger partial charge in [0, 0.05) is 5.56 Å². The van der Waals surface area contributed by atoms with Crippen LogP contribution in [0.3, 0.4) is 0 Å². The van der Waals surface area contributed by atoms with Crippen molar-refractivity contribution in [2.24, 2.45) is 0 Å². The zero-order valence-corrected chi connectivity index (χ0v) is 8.11. The Bertz CT molecular complexity index is 448. The van der Waals surface area contributed by atoms with Crippen LogP contribution in [-0.2, 0) is 11.7 Å². The molecule has 15 heavy (non-hydrogen) atoms. The molecule has 2 rings (SSSR count). The van der Waals surface area contributed by atoms with Crippen LogP contribution in [0.4, 0.5) is 4.39 Å². The number of benzene rings is 2. The van der Waals surface area contributed by atoms with Crippen molar-refractivity contribution in [1.82, 2.24) is 0 Å². The summed E-state index contributed by atoms with van der Waals surface area (Å²) in [7, 11) is 0. The Kier molecular flexibility index (Phi) is 2.79. The van der Waals surface area contributed by atoms with Crippen molar-refractivity contribution in [2.45, 2.75) is 6.61 Å². The van der Waals surface area contributed by atoms with E-state index in [4.69, 9.17) is 0 Å². The maximum absolute atomic E-state index is 13.4. The molecule has 0 aromatic heterocycles. The van der Waals surface area contributed by atoms with Gasteiger partial charge in [0.2, 0.25) is 0 Å². The van der Waals surface area contributed by atoms with E-state index >= 15 is 0 Å². The standard InChI is InChI=1S/C13H10FO/c14-13-4-2-1-3-12(13)11-7-5-10(9-15)6-8-11/h1-8H,9H2. The fourth-order valence-electron chi connectivity index (χ4n) is 1.48. The summed E-state index contributed by atoms with van der Waals surface area (Å²) < 4.78 is 13.4. The molecule has 0 heterocycles. The third-order valence-electron chi connectivity index (χ3n) is 2.31. The normalized spacial score (nSPS) is 10.3. The number of halogens is 1. The van der Waals surface area contributed by atoms with Gasteiger partial charge in [0.25, 0.3) is 0 Å². The highest BCUT2D eigenvalue weighted by molar-refractivity contribution is 5.64. The topological polar surface area (TPSA) is 19.9 Å². The van der Waals surface area contributed by atoms with E-state index in [0.717, 1.165) is 11.1 Å². The summed E-state index contributed by atoms with van der Waals surface area (Å²) in [6, 6.07) is 13.6. The lowest BCUT2D eigenvalue weighted by Crippen LogP contribution is -1.85. The van der Waals surface area contributed by atoms with E-state index in [9.17, 15) is 9.50 Å². The summed E-state index contributed by atoms with van der Waals surface area (Å²) in [6.07, 6.45) is 0. The molecule has 0 N–H and O–H groups in total. The minimum absolute atomic E-state index is 0.239. The highest BCUT2D eigenvalue weighted by Gasteiger charge is 2.03. The smallest absolute Gasteiger partial charge is 0.131 e. The lowest BCUT2D eigenvalue weighted by molar-refractivity contribution is 0.177. The molecular formula is C13H10FO. The summed E-state index contributed by atoms with van der Waals surface area (Å²) in [6.45, 7) is -0.239. The Morgan fingerprint density at radius 3 is 2.20 bits per heavy atom. The third kappa shape index (κ3) is 2.05. The van der Waals surface area contributed by atoms with Crippen LogP contribution in [0.2, 0.25) is 0 Å². The molecule has 1 radical (unpaired) electrons. The van der Waals surface area contributed by atoms with Gasteiger partial charge in [-0.2, -0.15) is 0 Å². The maximum Gasteiger partial charge on any atom is 0.131 e. The average molecular weight is 201 g/mol. The number of hydrogen-bond donors (Lipinski definition) is 0. The Balaban J connectivity index is 2.42. The second-order valence-electron chi connectivity index (χ2n) is 3.32. The predicted octanol–water partition coefficient (Wildman–Crippen LogP) is 3.42. The van der Waals surface area contributed by atoms with Gasteiger partial charge in [0.05, 0.1) is 0 Å². The van der Waals surface area contributed by atoms with Crippen LogP contribution < -0.4 is 0 Å². The largest absolute Gasteiger partial charge is 0.232 e. The molecule has 0 unspecified atom stereocenters. The first-order chi connectivity index (χ1) is 7.31. The van der Waals surface area contributed by atoms with Crippen LogP contribution in [0, 0.1) is 5.82 Å². The van der Waals surface area contributed by atoms with Crippen LogP contribution in [0.5, 0.6) is 0 Å². The van der Waals surface area contributed by atoms with Crippen molar-refractivity contribution < 1.29 is 9.50 Å². The van der Waals surface area contributed by atoms with Crippen molar-refractivity contribution in [1.29, 1.82) is 0 Å². The van der Waals surface area contributed by atoms with Gasteiger partial charge in [-0.25, -0.2) is 9.50 Å². The van der Waals surface area contributed by atoms with E-state index in [1.807, 2.05) is 0 Å². The van der Waals surface area contributed by atoms with E-state index in [-0.39, 0.29) is 12.4 Å². The van der Waals surface area contributed by atoms with Crippen molar-refractivity contribution in [3.05, 3.63) is 59.9 Å². The van der Waals surface area contributed by atoms with Crippen LogP contribution in [-0.4, -0.2) is 0 Å². The fourth-order valence-corrected chi connectivity index (χ4v) is 1.48. The Morgan fingerprint density at radius 2 is 1.60 bits per heavy atom. The molecule has 0 aliphatic carbocycles. The lowest BCUT2D eigenvalue weighted by Gasteiger charge is -2.03. The van der Waals surface area contributed by atoms with Gasteiger partial charge in [0.15, 0.2) is 0 Å². The molecule has 0 saturated carbocycles. The van der Waals surface area contributed by atoms with E-state index in [0.29, 0.717) is 5.56 Å². The summed E-state index contributed by atoms with van der Waals surface area (Å²) in [5, 5.41) is 10.6. The molecule has 0 atom stereocenters. The second kappa shape index (κ2) is 4.24. The molecular weight excluding hydrogens is 191 g/mol. The first kappa shape index (κ1) is 9.87. The Morgan fingerprint density at radius 1 is 0.933 bits per heavy atom. The molecule has 0 amide bonds. The van der Waals surface area contributed by atoms with E-state index in [1.165, 1.54) is 6.07 Å². The zero-order chi connectivity index (χ0) is 10.7. The lowest BCUT2D eigenvalue weighted by atomic mass is 10.0. The summed E-state index contributed by atoms with van der Waals surface area (Å²) in [5.74, 6) is -0.243. The van der Waals surface area contributed by atoms with Gasteiger partial charge in [0.1, 0.15) is 12.4 Å². The molecule has 1 nitrogen and oxygen atoms in total. The minimum atomic E-state index is -0.243. The molecule has 0 bridgehead atoms. The molecule has 2 aromatic carbocycles. The summed E-state index contributed by atoms with van der Waals surface area (Å²) in [4.78, 5) is 0. The van der Waals surface area contributed by atoms with E-state index < -0.39 is 0 Å². The van der Waals surface area contributed by atoms with Crippen LogP contribution >= 0.6 is 0 Å². The van der Waals surface area contributed by atoms with Crippen molar-refractivity contribution in [3.63, 3.8) is 0 Å². The van der Waals surface area contributed by atoms with Crippen LogP contribution in [0.25, 0.3) is 11.1 Å². The molecule has 75 valence electrons. The van der Waals surface area contributed by atoms with E-state index in [2.05, 4.69) is 0 Å². The summed E-state index contributed by atoms with van der Waals surface area (Å²) >= 11 is 0.